The summed E-state index contributed by atoms with van der Waals surface area (Å²) in [5.41, 5.74) is 0.907. The molecule has 1 aromatic carbocycles. The van der Waals surface area contributed by atoms with E-state index in [0.717, 1.165) is 5.69 Å². The molecule has 1 aromatic rings. The maximum atomic E-state index is 13.0. The summed E-state index contributed by atoms with van der Waals surface area (Å²) in [6.45, 7) is 3.52. The molecule has 0 N–H and O–H groups in total. The van der Waals surface area contributed by atoms with Crippen LogP contribution in [-0.4, -0.2) is 80.3 Å². The molecule has 148 valence electrons. The van der Waals surface area contributed by atoms with Gasteiger partial charge in [0.25, 0.3) is 0 Å². The van der Waals surface area contributed by atoms with Gasteiger partial charge in [-0.2, -0.15) is 0 Å². The van der Waals surface area contributed by atoms with E-state index in [0.29, 0.717) is 32.6 Å². The molecule has 0 bridgehead atoms. The summed E-state index contributed by atoms with van der Waals surface area (Å²) < 4.78 is 36.4. The van der Waals surface area contributed by atoms with E-state index < -0.39 is 15.9 Å². The van der Waals surface area contributed by atoms with E-state index in [9.17, 15) is 22.4 Å². The second-order valence-corrected chi connectivity index (χ2v) is 9.28. The quantitative estimate of drug-likeness (QED) is 0.740. The Morgan fingerprint density at radius 1 is 1.15 bits per heavy atom. The van der Waals surface area contributed by atoms with Gasteiger partial charge in [0.05, 0.1) is 11.5 Å². The lowest BCUT2D eigenvalue weighted by Crippen LogP contribution is -2.53. The second kappa shape index (κ2) is 7.84. The van der Waals surface area contributed by atoms with Gasteiger partial charge in [0, 0.05) is 44.8 Å². The molecule has 2 amide bonds. The minimum Gasteiger partial charge on any atom is -0.368 e. The molecular formula is C18H24FN3O4S. The molecule has 1 atom stereocenters. The van der Waals surface area contributed by atoms with E-state index in [1.54, 1.807) is 17.0 Å². The molecule has 7 nitrogen and oxygen atoms in total. The third-order valence-corrected chi connectivity index (χ3v) is 6.93. The van der Waals surface area contributed by atoms with E-state index in [1.165, 1.54) is 24.0 Å². The average molecular weight is 397 g/mol. The number of sulfone groups is 1. The molecule has 2 aliphatic rings. The number of hydrogen-bond donors (Lipinski definition) is 0. The van der Waals surface area contributed by atoms with Crippen molar-refractivity contribution >= 4 is 27.3 Å². The van der Waals surface area contributed by atoms with Crippen molar-refractivity contribution in [1.82, 2.24) is 9.80 Å². The molecule has 27 heavy (non-hydrogen) atoms. The molecule has 0 aliphatic carbocycles. The first-order valence-corrected chi connectivity index (χ1v) is 10.8. The summed E-state index contributed by atoms with van der Waals surface area (Å²) in [6, 6.07) is 5.83. The van der Waals surface area contributed by atoms with Crippen LogP contribution in [0.15, 0.2) is 24.3 Å². The van der Waals surface area contributed by atoms with Gasteiger partial charge in [-0.25, -0.2) is 12.8 Å². The SMILES string of the molecule is CC(=O)N(CC(=O)N1CCN(c2ccc(F)cc2)CC1)C1CCS(=O)(=O)C1. The zero-order chi connectivity index (χ0) is 19.6. The van der Waals surface area contributed by atoms with Crippen LogP contribution in [-0.2, 0) is 19.4 Å². The Morgan fingerprint density at radius 2 is 1.78 bits per heavy atom. The first-order chi connectivity index (χ1) is 12.7. The smallest absolute Gasteiger partial charge is 0.242 e. The molecule has 2 saturated heterocycles. The van der Waals surface area contributed by atoms with Crippen LogP contribution in [0.2, 0.25) is 0 Å². The van der Waals surface area contributed by atoms with Gasteiger partial charge in [-0.05, 0) is 30.7 Å². The van der Waals surface area contributed by atoms with Crippen molar-refractivity contribution in [3.8, 4) is 0 Å². The van der Waals surface area contributed by atoms with E-state index in [4.69, 9.17) is 0 Å². The number of anilines is 1. The number of hydrogen-bond acceptors (Lipinski definition) is 5. The molecular weight excluding hydrogens is 373 g/mol. The largest absolute Gasteiger partial charge is 0.368 e. The maximum absolute atomic E-state index is 13.0. The molecule has 0 spiro atoms. The van der Waals surface area contributed by atoms with E-state index in [2.05, 4.69) is 4.90 Å². The van der Waals surface area contributed by atoms with Gasteiger partial charge < -0.3 is 14.7 Å². The van der Waals surface area contributed by atoms with Crippen LogP contribution in [0.5, 0.6) is 0 Å². The molecule has 2 fully saturated rings. The summed E-state index contributed by atoms with van der Waals surface area (Å²) >= 11 is 0. The molecule has 1 unspecified atom stereocenters. The van der Waals surface area contributed by atoms with Crippen molar-refractivity contribution in [3.63, 3.8) is 0 Å². The van der Waals surface area contributed by atoms with Gasteiger partial charge in [0.1, 0.15) is 12.4 Å². The van der Waals surface area contributed by atoms with Crippen molar-refractivity contribution in [2.24, 2.45) is 0 Å². The van der Waals surface area contributed by atoms with Gasteiger partial charge in [-0.3, -0.25) is 9.59 Å². The van der Waals surface area contributed by atoms with Crippen molar-refractivity contribution < 1.29 is 22.4 Å². The van der Waals surface area contributed by atoms with Gasteiger partial charge in [-0.15, -0.1) is 0 Å². The van der Waals surface area contributed by atoms with E-state index in [-0.39, 0.29) is 35.7 Å². The van der Waals surface area contributed by atoms with Crippen LogP contribution < -0.4 is 4.90 Å². The maximum Gasteiger partial charge on any atom is 0.242 e. The average Bonchev–Trinajstić information content (AvgIpc) is 2.99. The van der Waals surface area contributed by atoms with Crippen molar-refractivity contribution in [3.05, 3.63) is 30.1 Å². The lowest BCUT2D eigenvalue weighted by atomic mass is 10.2. The predicted octanol–water partition coefficient (Wildman–Crippen LogP) is 0.510. The van der Waals surface area contributed by atoms with Gasteiger partial charge >= 0.3 is 0 Å². The van der Waals surface area contributed by atoms with Gasteiger partial charge in [0.15, 0.2) is 9.84 Å². The van der Waals surface area contributed by atoms with Crippen LogP contribution in [0.25, 0.3) is 0 Å². The first kappa shape index (κ1) is 19.6. The molecule has 0 aromatic heterocycles. The molecule has 0 saturated carbocycles. The fraction of sp³-hybridized carbons (Fsp3) is 0.556. The highest BCUT2D eigenvalue weighted by Gasteiger charge is 2.35. The Labute approximate surface area is 158 Å². The number of rotatable bonds is 4. The number of piperazine rings is 1. The molecule has 0 radical (unpaired) electrons. The second-order valence-electron chi connectivity index (χ2n) is 7.05. The van der Waals surface area contributed by atoms with Crippen LogP contribution >= 0.6 is 0 Å². The van der Waals surface area contributed by atoms with Crippen LogP contribution in [0.4, 0.5) is 10.1 Å². The zero-order valence-electron chi connectivity index (χ0n) is 15.3. The molecule has 3 rings (SSSR count). The number of benzene rings is 1. The number of halogens is 1. The first-order valence-electron chi connectivity index (χ1n) is 9.01. The fourth-order valence-corrected chi connectivity index (χ4v) is 5.36. The summed E-state index contributed by atoms with van der Waals surface area (Å²) in [5, 5.41) is 0. The number of carbonyl (C=O) groups is 2. The number of nitrogens with zero attached hydrogens (tertiary/aromatic N) is 3. The Bertz CT molecular complexity index is 804. The lowest BCUT2D eigenvalue weighted by Gasteiger charge is -2.37. The Kier molecular flexibility index (Phi) is 5.69. The lowest BCUT2D eigenvalue weighted by molar-refractivity contribution is -0.141. The van der Waals surface area contributed by atoms with Gasteiger partial charge in [-0.1, -0.05) is 0 Å². The summed E-state index contributed by atoms with van der Waals surface area (Å²) in [5.74, 6) is -0.751. The predicted molar refractivity (Wildman–Crippen MR) is 99.6 cm³/mol. The topological polar surface area (TPSA) is 78.0 Å². The summed E-state index contributed by atoms with van der Waals surface area (Å²) in [4.78, 5) is 29.7. The highest BCUT2D eigenvalue weighted by molar-refractivity contribution is 7.91. The monoisotopic (exact) mass is 397 g/mol. The highest BCUT2D eigenvalue weighted by Crippen LogP contribution is 2.20. The third kappa shape index (κ3) is 4.77. The standard InChI is InChI=1S/C18H24FN3O4S/c1-14(23)22(17-6-11-27(25,26)13-17)12-18(24)21-9-7-20(8-10-21)16-4-2-15(19)3-5-16/h2-5,17H,6-13H2,1H3. The zero-order valence-corrected chi connectivity index (χ0v) is 16.1. The fourth-order valence-electron chi connectivity index (χ4n) is 3.63. The van der Waals surface area contributed by atoms with Crippen LogP contribution in [0.1, 0.15) is 13.3 Å². The summed E-state index contributed by atoms with van der Waals surface area (Å²) in [7, 11) is -3.13. The normalized spacial score (nSPS) is 21.9. The van der Waals surface area contributed by atoms with Crippen LogP contribution in [0, 0.1) is 5.82 Å². The van der Waals surface area contributed by atoms with Gasteiger partial charge in [0.2, 0.25) is 11.8 Å². The number of amides is 2. The third-order valence-electron chi connectivity index (χ3n) is 5.18. The molecule has 2 heterocycles. The Hall–Kier alpha value is -2.16. The molecule has 9 heteroatoms. The van der Waals surface area contributed by atoms with E-state index >= 15 is 0 Å². The number of carbonyl (C=O) groups excluding carboxylic acids is 2. The Balaban J connectivity index is 1.56. The highest BCUT2D eigenvalue weighted by atomic mass is 32.2. The van der Waals surface area contributed by atoms with Crippen molar-refractivity contribution in [1.29, 1.82) is 0 Å². The minimum atomic E-state index is -3.13. The van der Waals surface area contributed by atoms with Crippen molar-refractivity contribution in [2.75, 3.05) is 49.1 Å². The van der Waals surface area contributed by atoms with Crippen LogP contribution in [0.3, 0.4) is 0 Å². The Morgan fingerprint density at radius 3 is 2.30 bits per heavy atom. The molecule has 2 aliphatic heterocycles. The van der Waals surface area contributed by atoms with E-state index in [1.807, 2.05) is 0 Å². The van der Waals surface area contributed by atoms with Crippen molar-refractivity contribution in [2.45, 2.75) is 19.4 Å². The summed E-state index contributed by atoms with van der Waals surface area (Å²) in [6.07, 6.45) is 0.382. The minimum absolute atomic E-state index is 0.0615.